The lowest BCUT2D eigenvalue weighted by Gasteiger charge is -2.11. The molecule has 0 atom stereocenters. The highest BCUT2D eigenvalue weighted by atomic mass is 79.9. The lowest BCUT2D eigenvalue weighted by atomic mass is 10.1. The predicted octanol–water partition coefficient (Wildman–Crippen LogP) is 4.13. The first-order valence-electron chi connectivity index (χ1n) is 7.04. The summed E-state index contributed by atoms with van der Waals surface area (Å²) in [4.78, 5) is 7.46. The van der Waals surface area contributed by atoms with Crippen molar-refractivity contribution in [3.8, 4) is 0 Å². The van der Waals surface area contributed by atoms with E-state index in [0.717, 1.165) is 20.1 Å². The molecule has 2 aromatic heterocycles. The number of fused-ring (bicyclic) bond motifs is 1. The maximum Gasteiger partial charge on any atom is 0.453 e. The fourth-order valence-corrected chi connectivity index (χ4v) is 2.66. The molecule has 0 saturated heterocycles. The van der Waals surface area contributed by atoms with Gasteiger partial charge in [0.2, 0.25) is 0 Å². The molecule has 0 aliphatic heterocycles. The Morgan fingerprint density at radius 3 is 2.62 bits per heavy atom. The van der Waals surface area contributed by atoms with Gasteiger partial charge in [-0.25, -0.2) is 4.98 Å². The van der Waals surface area contributed by atoms with E-state index in [9.17, 15) is 13.2 Å². The Bertz CT molecular complexity index is 904. The number of nitrogens with zero attached hydrogens (tertiary/aromatic N) is 4. The van der Waals surface area contributed by atoms with Crippen molar-refractivity contribution >= 4 is 27.5 Å². The van der Waals surface area contributed by atoms with Gasteiger partial charge in [-0.1, -0.05) is 22.0 Å². The zero-order chi connectivity index (χ0) is 17.5. The second kappa shape index (κ2) is 6.04. The van der Waals surface area contributed by atoms with E-state index < -0.39 is 12.0 Å². The summed E-state index contributed by atoms with van der Waals surface area (Å²) in [6.45, 7) is 4.09. The quantitative estimate of drug-likeness (QED) is 0.719. The van der Waals surface area contributed by atoms with E-state index in [-0.39, 0.29) is 5.78 Å². The van der Waals surface area contributed by atoms with Crippen LogP contribution >= 0.6 is 15.9 Å². The molecule has 0 aliphatic carbocycles. The van der Waals surface area contributed by atoms with Gasteiger partial charge in [-0.3, -0.25) is 0 Å². The van der Waals surface area contributed by atoms with Crippen LogP contribution in [0.2, 0.25) is 0 Å². The molecule has 0 amide bonds. The van der Waals surface area contributed by atoms with Crippen LogP contribution in [0, 0.1) is 13.8 Å². The Kier molecular flexibility index (Phi) is 4.20. The third kappa shape index (κ3) is 3.35. The normalized spacial score (nSPS) is 11.9. The Morgan fingerprint density at radius 2 is 1.92 bits per heavy atom. The van der Waals surface area contributed by atoms with Crippen LogP contribution in [0.4, 0.5) is 19.0 Å². The SMILES string of the molecule is Cc1cc(NCc2cc(Br)ccc2C)n2nc(C(F)(F)F)nc2n1. The Hall–Kier alpha value is -2.16. The molecule has 9 heteroatoms. The maximum atomic E-state index is 12.8. The molecule has 1 aromatic carbocycles. The summed E-state index contributed by atoms with van der Waals surface area (Å²) in [6, 6.07) is 7.48. The number of hydrogen-bond acceptors (Lipinski definition) is 4. The Labute approximate surface area is 144 Å². The second-order valence-electron chi connectivity index (χ2n) is 5.35. The van der Waals surface area contributed by atoms with Gasteiger partial charge in [0.15, 0.2) is 0 Å². The van der Waals surface area contributed by atoms with E-state index in [1.165, 1.54) is 0 Å². The highest BCUT2D eigenvalue weighted by Crippen LogP contribution is 2.27. The number of hydrogen-bond donors (Lipinski definition) is 1. The number of benzene rings is 1. The minimum Gasteiger partial charge on any atom is -0.366 e. The average Bonchev–Trinajstić information content (AvgIpc) is 2.92. The predicted molar refractivity (Wildman–Crippen MR) is 86.7 cm³/mol. The van der Waals surface area contributed by atoms with E-state index in [1.807, 2.05) is 25.1 Å². The molecule has 2 heterocycles. The summed E-state index contributed by atoms with van der Waals surface area (Å²) >= 11 is 3.41. The topological polar surface area (TPSA) is 55.1 Å². The molecular weight excluding hydrogens is 387 g/mol. The van der Waals surface area contributed by atoms with Crippen LogP contribution in [0.5, 0.6) is 0 Å². The Morgan fingerprint density at radius 1 is 1.17 bits per heavy atom. The molecule has 0 saturated carbocycles. The molecular formula is C15H13BrF3N5. The monoisotopic (exact) mass is 399 g/mol. The van der Waals surface area contributed by atoms with Crippen LogP contribution in [0.1, 0.15) is 22.6 Å². The van der Waals surface area contributed by atoms with Gasteiger partial charge < -0.3 is 5.32 Å². The molecule has 3 aromatic rings. The van der Waals surface area contributed by atoms with Gasteiger partial charge in [0.25, 0.3) is 11.6 Å². The second-order valence-corrected chi connectivity index (χ2v) is 6.27. The van der Waals surface area contributed by atoms with Crippen molar-refractivity contribution in [2.45, 2.75) is 26.6 Å². The zero-order valence-electron chi connectivity index (χ0n) is 12.8. The fraction of sp³-hybridized carbons (Fsp3) is 0.267. The minimum atomic E-state index is -4.61. The number of aryl methyl sites for hydroxylation is 2. The third-order valence-electron chi connectivity index (χ3n) is 3.46. The van der Waals surface area contributed by atoms with Crippen molar-refractivity contribution in [3.05, 3.63) is 51.4 Å². The van der Waals surface area contributed by atoms with Gasteiger partial charge in [-0.2, -0.15) is 22.7 Å². The van der Waals surface area contributed by atoms with Gasteiger partial charge in [0.05, 0.1) is 0 Å². The third-order valence-corrected chi connectivity index (χ3v) is 3.96. The Balaban J connectivity index is 1.96. The van der Waals surface area contributed by atoms with Crippen LogP contribution in [0.25, 0.3) is 5.78 Å². The lowest BCUT2D eigenvalue weighted by molar-refractivity contribution is -0.144. The first kappa shape index (κ1) is 16.7. The number of anilines is 1. The largest absolute Gasteiger partial charge is 0.453 e. The van der Waals surface area contributed by atoms with Gasteiger partial charge in [0.1, 0.15) is 5.82 Å². The number of nitrogens with one attached hydrogen (secondary N) is 1. The van der Waals surface area contributed by atoms with E-state index in [0.29, 0.717) is 18.1 Å². The van der Waals surface area contributed by atoms with E-state index in [2.05, 4.69) is 36.3 Å². The molecule has 24 heavy (non-hydrogen) atoms. The molecule has 126 valence electrons. The van der Waals surface area contributed by atoms with Crippen LogP contribution in [0.15, 0.2) is 28.7 Å². The maximum absolute atomic E-state index is 12.8. The van der Waals surface area contributed by atoms with Crippen LogP contribution < -0.4 is 5.32 Å². The van der Waals surface area contributed by atoms with E-state index in [4.69, 9.17) is 0 Å². The van der Waals surface area contributed by atoms with Crippen molar-refractivity contribution in [2.24, 2.45) is 0 Å². The van der Waals surface area contributed by atoms with Crippen molar-refractivity contribution in [1.29, 1.82) is 0 Å². The van der Waals surface area contributed by atoms with Crippen molar-refractivity contribution < 1.29 is 13.2 Å². The van der Waals surface area contributed by atoms with Crippen LogP contribution in [-0.4, -0.2) is 19.6 Å². The standard InChI is InChI=1S/C15H13BrF3N5/c1-8-3-4-11(16)6-10(8)7-20-12-5-9(2)21-14-22-13(15(17,18)19)23-24(12)14/h3-6,20H,7H2,1-2H3. The smallest absolute Gasteiger partial charge is 0.366 e. The summed E-state index contributed by atoms with van der Waals surface area (Å²) < 4.78 is 40.4. The first-order valence-corrected chi connectivity index (χ1v) is 7.84. The van der Waals surface area contributed by atoms with E-state index in [1.54, 1.807) is 13.0 Å². The molecule has 0 bridgehead atoms. The molecule has 0 radical (unpaired) electrons. The van der Waals surface area contributed by atoms with Crippen molar-refractivity contribution in [2.75, 3.05) is 5.32 Å². The number of alkyl halides is 3. The van der Waals surface area contributed by atoms with Gasteiger partial charge in [-0.15, -0.1) is 5.10 Å². The fourth-order valence-electron chi connectivity index (χ4n) is 2.25. The molecule has 0 fully saturated rings. The van der Waals surface area contributed by atoms with Gasteiger partial charge >= 0.3 is 6.18 Å². The summed E-state index contributed by atoms with van der Waals surface area (Å²) in [7, 11) is 0. The van der Waals surface area contributed by atoms with Crippen molar-refractivity contribution in [1.82, 2.24) is 19.6 Å². The van der Waals surface area contributed by atoms with E-state index >= 15 is 0 Å². The van der Waals surface area contributed by atoms with Gasteiger partial charge in [0, 0.05) is 22.8 Å². The lowest BCUT2D eigenvalue weighted by Crippen LogP contribution is -2.09. The summed E-state index contributed by atoms with van der Waals surface area (Å²) in [5.74, 6) is -0.891. The van der Waals surface area contributed by atoms with Crippen molar-refractivity contribution in [3.63, 3.8) is 0 Å². The molecule has 1 N–H and O–H groups in total. The first-order chi connectivity index (χ1) is 11.2. The molecule has 5 nitrogen and oxygen atoms in total. The number of halogens is 4. The molecule has 0 spiro atoms. The summed E-state index contributed by atoms with van der Waals surface area (Å²) in [5, 5.41) is 6.63. The molecule has 3 rings (SSSR count). The van der Waals surface area contributed by atoms with Gasteiger partial charge in [-0.05, 0) is 37.1 Å². The molecule has 0 unspecified atom stereocenters. The number of rotatable bonds is 3. The highest BCUT2D eigenvalue weighted by molar-refractivity contribution is 9.10. The number of aromatic nitrogens is 4. The summed E-state index contributed by atoms with van der Waals surface area (Å²) in [6.07, 6.45) is -4.61. The average molecular weight is 400 g/mol. The molecule has 0 aliphatic rings. The minimum absolute atomic E-state index is 0.0872. The summed E-state index contributed by atoms with van der Waals surface area (Å²) in [5.41, 5.74) is 2.64. The van der Waals surface area contributed by atoms with Crippen LogP contribution in [0.3, 0.4) is 0 Å². The zero-order valence-corrected chi connectivity index (χ0v) is 14.4. The van der Waals surface area contributed by atoms with Crippen LogP contribution in [-0.2, 0) is 12.7 Å². The highest BCUT2D eigenvalue weighted by Gasteiger charge is 2.36.